The van der Waals surface area contributed by atoms with Crippen LogP contribution in [0.3, 0.4) is 0 Å². The van der Waals surface area contributed by atoms with Crippen molar-refractivity contribution >= 4 is 0 Å². The van der Waals surface area contributed by atoms with Crippen LogP contribution in [0.5, 0.6) is 0 Å². The molecular formula is C12H26N2O. The van der Waals surface area contributed by atoms with E-state index in [1.807, 2.05) is 0 Å². The fraction of sp³-hybridized carbons (Fsp3) is 1.00. The van der Waals surface area contributed by atoms with Gasteiger partial charge in [0.1, 0.15) is 0 Å². The molecule has 1 fully saturated rings. The van der Waals surface area contributed by atoms with E-state index in [-0.39, 0.29) is 0 Å². The predicted octanol–water partition coefficient (Wildman–Crippen LogP) is 1.27. The maximum absolute atomic E-state index is 10.2. The summed E-state index contributed by atoms with van der Waals surface area (Å²) in [5, 5.41) is 17.1. The van der Waals surface area contributed by atoms with E-state index in [0.717, 1.165) is 32.5 Å². The van der Waals surface area contributed by atoms with E-state index < -0.39 is 5.60 Å². The third-order valence-corrected chi connectivity index (χ3v) is 3.61. The van der Waals surface area contributed by atoms with E-state index in [1.54, 1.807) is 0 Å². The molecule has 1 aliphatic heterocycles. The van der Waals surface area contributed by atoms with Crippen molar-refractivity contribution in [2.45, 2.75) is 57.6 Å². The Bertz CT molecular complexity index is 161. The molecule has 3 heteroatoms. The lowest BCUT2D eigenvalue weighted by atomic mass is 9.96. The molecule has 0 spiro atoms. The molecule has 0 saturated carbocycles. The highest BCUT2D eigenvalue weighted by molar-refractivity contribution is 4.81. The number of hydrogen-bond donors (Lipinski definition) is 3. The molecule has 1 atom stereocenters. The number of aliphatic hydroxyl groups is 1. The van der Waals surface area contributed by atoms with Crippen molar-refractivity contribution in [1.82, 2.24) is 10.6 Å². The number of hydrogen-bond acceptors (Lipinski definition) is 3. The maximum atomic E-state index is 10.2. The zero-order valence-corrected chi connectivity index (χ0v) is 10.2. The number of rotatable bonds is 5. The second kappa shape index (κ2) is 6.46. The molecule has 1 aliphatic rings. The molecule has 0 bridgehead atoms. The van der Waals surface area contributed by atoms with Crippen molar-refractivity contribution in [3.8, 4) is 0 Å². The van der Waals surface area contributed by atoms with Crippen LogP contribution in [0, 0.1) is 0 Å². The van der Waals surface area contributed by atoms with Crippen LogP contribution in [0.1, 0.15) is 46.0 Å². The Labute approximate surface area is 93.6 Å². The predicted molar refractivity (Wildman–Crippen MR) is 64.0 cm³/mol. The Morgan fingerprint density at radius 2 is 2.00 bits per heavy atom. The molecule has 0 aliphatic carbocycles. The first-order chi connectivity index (χ1) is 7.20. The minimum absolute atomic E-state index is 0.500. The molecule has 3 nitrogen and oxygen atoms in total. The van der Waals surface area contributed by atoms with Gasteiger partial charge in [0, 0.05) is 12.6 Å². The Kier molecular flexibility index (Phi) is 5.58. The Morgan fingerprint density at radius 3 is 2.67 bits per heavy atom. The van der Waals surface area contributed by atoms with E-state index in [2.05, 4.69) is 24.5 Å². The van der Waals surface area contributed by atoms with Crippen molar-refractivity contribution in [2.75, 3.05) is 19.6 Å². The first-order valence-corrected chi connectivity index (χ1v) is 6.36. The summed E-state index contributed by atoms with van der Waals surface area (Å²) in [7, 11) is 0. The highest BCUT2D eigenvalue weighted by Gasteiger charge is 2.23. The number of nitrogens with one attached hydrogen (secondary N) is 2. The zero-order valence-electron chi connectivity index (χ0n) is 10.2. The van der Waals surface area contributed by atoms with Crippen LogP contribution in [0.25, 0.3) is 0 Å². The van der Waals surface area contributed by atoms with Gasteiger partial charge in [-0.05, 0) is 45.2 Å². The molecule has 1 saturated heterocycles. The normalized spacial score (nSPS) is 23.8. The summed E-state index contributed by atoms with van der Waals surface area (Å²) >= 11 is 0. The average Bonchev–Trinajstić information content (AvgIpc) is 2.54. The Balaban J connectivity index is 2.27. The van der Waals surface area contributed by atoms with Gasteiger partial charge < -0.3 is 15.7 Å². The Morgan fingerprint density at radius 1 is 1.27 bits per heavy atom. The molecule has 0 radical (unpaired) electrons. The van der Waals surface area contributed by atoms with Crippen molar-refractivity contribution in [1.29, 1.82) is 0 Å². The largest absolute Gasteiger partial charge is 0.389 e. The molecular weight excluding hydrogens is 188 g/mol. The van der Waals surface area contributed by atoms with Gasteiger partial charge in [-0.15, -0.1) is 0 Å². The van der Waals surface area contributed by atoms with Gasteiger partial charge in [0.15, 0.2) is 0 Å². The fourth-order valence-electron chi connectivity index (χ4n) is 2.06. The Hall–Kier alpha value is -0.120. The topological polar surface area (TPSA) is 44.3 Å². The highest BCUT2D eigenvalue weighted by Crippen LogP contribution is 2.14. The molecule has 1 unspecified atom stereocenters. The van der Waals surface area contributed by atoms with Crippen molar-refractivity contribution in [3.63, 3.8) is 0 Å². The monoisotopic (exact) mass is 214 g/mol. The minimum atomic E-state index is -0.500. The van der Waals surface area contributed by atoms with Gasteiger partial charge >= 0.3 is 0 Å². The lowest BCUT2D eigenvalue weighted by molar-refractivity contribution is 0.0295. The van der Waals surface area contributed by atoms with E-state index >= 15 is 0 Å². The molecule has 3 N–H and O–H groups in total. The van der Waals surface area contributed by atoms with Crippen LogP contribution < -0.4 is 10.6 Å². The van der Waals surface area contributed by atoms with Crippen molar-refractivity contribution < 1.29 is 5.11 Å². The minimum Gasteiger partial charge on any atom is -0.389 e. The first-order valence-electron chi connectivity index (χ1n) is 6.36. The molecule has 0 aromatic heterocycles. The maximum Gasteiger partial charge on any atom is 0.0766 e. The third kappa shape index (κ3) is 4.49. The lowest BCUT2D eigenvalue weighted by Gasteiger charge is -2.28. The summed E-state index contributed by atoms with van der Waals surface area (Å²) in [5.41, 5.74) is -0.500. The highest BCUT2D eigenvalue weighted by atomic mass is 16.3. The van der Waals surface area contributed by atoms with E-state index in [4.69, 9.17) is 0 Å². The van der Waals surface area contributed by atoms with Gasteiger partial charge in [0.25, 0.3) is 0 Å². The van der Waals surface area contributed by atoms with Crippen LogP contribution in [-0.4, -0.2) is 36.4 Å². The van der Waals surface area contributed by atoms with Gasteiger partial charge in [-0.2, -0.15) is 0 Å². The second-order valence-electron chi connectivity index (χ2n) is 4.69. The van der Waals surface area contributed by atoms with Crippen LogP contribution in [0.4, 0.5) is 0 Å². The SMILES string of the molecule is CCC(O)(CC)CNC1CCCNCC1. The van der Waals surface area contributed by atoms with Gasteiger partial charge in [-0.1, -0.05) is 13.8 Å². The van der Waals surface area contributed by atoms with Gasteiger partial charge in [-0.25, -0.2) is 0 Å². The summed E-state index contributed by atoms with van der Waals surface area (Å²) in [5.74, 6) is 0. The molecule has 0 amide bonds. The van der Waals surface area contributed by atoms with E-state index in [0.29, 0.717) is 6.04 Å². The summed E-state index contributed by atoms with van der Waals surface area (Å²) in [4.78, 5) is 0. The van der Waals surface area contributed by atoms with Crippen LogP contribution >= 0.6 is 0 Å². The van der Waals surface area contributed by atoms with Crippen LogP contribution in [-0.2, 0) is 0 Å². The smallest absolute Gasteiger partial charge is 0.0766 e. The fourth-order valence-corrected chi connectivity index (χ4v) is 2.06. The van der Waals surface area contributed by atoms with Gasteiger partial charge in [-0.3, -0.25) is 0 Å². The quantitative estimate of drug-likeness (QED) is 0.646. The first kappa shape index (κ1) is 12.9. The van der Waals surface area contributed by atoms with Crippen molar-refractivity contribution in [3.05, 3.63) is 0 Å². The summed E-state index contributed by atoms with van der Waals surface area (Å²) in [6.07, 6.45) is 5.33. The molecule has 15 heavy (non-hydrogen) atoms. The zero-order chi connectivity index (χ0) is 11.1. The average molecular weight is 214 g/mol. The third-order valence-electron chi connectivity index (χ3n) is 3.61. The summed E-state index contributed by atoms with van der Waals surface area (Å²) in [6, 6.07) is 0.588. The molecule has 90 valence electrons. The van der Waals surface area contributed by atoms with Crippen molar-refractivity contribution in [2.24, 2.45) is 0 Å². The molecule has 0 aromatic rings. The van der Waals surface area contributed by atoms with Crippen LogP contribution in [0.15, 0.2) is 0 Å². The second-order valence-corrected chi connectivity index (χ2v) is 4.69. The van der Waals surface area contributed by atoms with Crippen LogP contribution in [0.2, 0.25) is 0 Å². The summed E-state index contributed by atoms with van der Waals surface area (Å²) in [6.45, 7) is 7.10. The summed E-state index contributed by atoms with van der Waals surface area (Å²) < 4.78 is 0. The lowest BCUT2D eigenvalue weighted by Crippen LogP contribution is -2.44. The van der Waals surface area contributed by atoms with E-state index in [1.165, 1.54) is 19.3 Å². The molecule has 0 aromatic carbocycles. The van der Waals surface area contributed by atoms with Gasteiger partial charge in [0.2, 0.25) is 0 Å². The van der Waals surface area contributed by atoms with E-state index in [9.17, 15) is 5.11 Å². The molecule has 1 heterocycles. The van der Waals surface area contributed by atoms with Gasteiger partial charge in [0.05, 0.1) is 5.60 Å². The molecule has 1 rings (SSSR count). The standard InChI is InChI=1S/C12H26N2O/c1-3-12(15,4-2)10-14-11-6-5-8-13-9-7-11/h11,13-15H,3-10H2,1-2H3.